The third kappa shape index (κ3) is 42.9. The topological polar surface area (TPSA) is 78.9 Å². The Bertz CT molecular complexity index is 896. The second-order valence-corrected chi connectivity index (χ2v) is 16.0. The Morgan fingerprint density at radius 2 is 0.655 bits per heavy atom. The highest BCUT2D eigenvalue weighted by atomic mass is 16.6. The molecular weight excluding hydrogens is 685 g/mol. The van der Waals surface area contributed by atoms with Crippen LogP contribution in [-0.4, -0.2) is 37.2 Å². The van der Waals surface area contributed by atoms with Crippen molar-refractivity contribution in [2.75, 3.05) is 13.2 Å². The number of rotatable bonds is 43. The molecule has 0 saturated heterocycles. The standard InChI is InChI=1S/C49H90O6/c1-4-7-10-13-16-18-20-22-24-26-27-29-31-33-36-39-42-48(51)54-45-46(44-53-47(50)41-38-35-15-12-9-6-3)55-49(52)43-40-37-34-32-30-28-25-23-21-19-17-14-11-8-5-2/h17,19,23,25,46H,4-16,18,20-22,24,26-45H2,1-3H3/b19-17-,25-23-. The molecular formula is C49H90O6. The molecule has 0 amide bonds. The summed E-state index contributed by atoms with van der Waals surface area (Å²) in [5, 5.41) is 0. The number of esters is 3. The van der Waals surface area contributed by atoms with Crippen LogP contribution in [0.1, 0.15) is 252 Å². The first-order chi connectivity index (χ1) is 27.0. The number of unbranched alkanes of at least 4 members (excludes halogenated alkanes) is 28. The van der Waals surface area contributed by atoms with Crippen LogP contribution in [0, 0.1) is 0 Å². The normalized spacial score (nSPS) is 12.1. The van der Waals surface area contributed by atoms with Crippen molar-refractivity contribution in [3.8, 4) is 0 Å². The molecule has 6 heteroatoms. The van der Waals surface area contributed by atoms with E-state index in [1.54, 1.807) is 0 Å². The van der Waals surface area contributed by atoms with Crippen molar-refractivity contribution in [1.82, 2.24) is 0 Å². The van der Waals surface area contributed by atoms with E-state index in [9.17, 15) is 14.4 Å². The second-order valence-electron chi connectivity index (χ2n) is 16.0. The van der Waals surface area contributed by atoms with Gasteiger partial charge in [0.25, 0.3) is 0 Å². The minimum Gasteiger partial charge on any atom is -0.462 e. The summed E-state index contributed by atoms with van der Waals surface area (Å²) < 4.78 is 16.7. The molecule has 0 spiro atoms. The van der Waals surface area contributed by atoms with E-state index in [0.29, 0.717) is 19.3 Å². The number of hydrogen-bond donors (Lipinski definition) is 0. The van der Waals surface area contributed by atoms with Crippen LogP contribution in [0.3, 0.4) is 0 Å². The molecule has 0 bridgehead atoms. The Balaban J connectivity index is 4.24. The first-order valence-corrected chi connectivity index (χ1v) is 23.8. The molecule has 1 unspecified atom stereocenters. The number of allylic oxidation sites excluding steroid dienone is 4. The molecule has 0 saturated carbocycles. The second kappa shape index (κ2) is 44.6. The summed E-state index contributed by atoms with van der Waals surface area (Å²) in [6.45, 7) is 6.55. The van der Waals surface area contributed by atoms with Crippen molar-refractivity contribution in [2.45, 2.75) is 258 Å². The Labute approximate surface area is 341 Å². The fraction of sp³-hybridized carbons (Fsp3) is 0.857. The van der Waals surface area contributed by atoms with Crippen molar-refractivity contribution in [3.05, 3.63) is 24.3 Å². The molecule has 6 nitrogen and oxygen atoms in total. The third-order valence-electron chi connectivity index (χ3n) is 10.5. The molecule has 0 aromatic carbocycles. The largest absolute Gasteiger partial charge is 0.462 e. The van der Waals surface area contributed by atoms with Gasteiger partial charge < -0.3 is 14.2 Å². The van der Waals surface area contributed by atoms with Crippen LogP contribution in [0.4, 0.5) is 0 Å². The quantitative estimate of drug-likeness (QED) is 0.0266. The van der Waals surface area contributed by atoms with Gasteiger partial charge in [0, 0.05) is 19.3 Å². The number of hydrogen-bond acceptors (Lipinski definition) is 6. The maximum absolute atomic E-state index is 12.7. The van der Waals surface area contributed by atoms with Crippen LogP contribution in [0.2, 0.25) is 0 Å². The average molecular weight is 775 g/mol. The highest BCUT2D eigenvalue weighted by molar-refractivity contribution is 5.71. The van der Waals surface area contributed by atoms with Crippen molar-refractivity contribution in [1.29, 1.82) is 0 Å². The summed E-state index contributed by atoms with van der Waals surface area (Å²) in [6, 6.07) is 0. The van der Waals surface area contributed by atoms with E-state index in [0.717, 1.165) is 83.5 Å². The van der Waals surface area contributed by atoms with Crippen LogP contribution in [0.15, 0.2) is 24.3 Å². The lowest BCUT2D eigenvalue weighted by atomic mass is 10.0. The first-order valence-electron chi connectivity index (χ1n) is 23.8. The van der Waals surface area contributed by atoms with Crippen LogP contribution < -0.4 is 0 Å². The van der Waals surface area contributed by atoms with Gasteiger partial charge in [-0.05, 0) is 51.4 Å². The highest BCUT2D eigenvalue weighted by Crippen LogP contribution is 2.15. The third-order valence-corrected chi connectivity index (χ3v) is 10.5. The van der Waals surface area contributed by atoms with Gasteiger partial charge in [-0.2, -0.15) is 0 Å². The van der Waals surface area contributed by atoms with Gasteiger partial charge in [0.15, 0.2) is 6.10 Å². The predicted molar refractivity (Wildman–Crippen MR) is 233 cm³/mol. The van der Waals surface area contributed by atoms with Gasteiger partial charge in [-0.25, -0.2) is 0 Å². The van der Waals surface area contributed by atoms with Crippen molar-refractivity contribution >= 4 is 17.9 Å². The molecule has 55 heavy (non-hydrogen) atoms. The Morgan fingerprint density at radius 3 is 1.04 bits per heavy atom. The van der Waals surface area contributed by atoms with Gasteiger partial charge in [-0.1, -0.05) is 206 Å². The van der Waals surface area contributed by atoms with Gasteiger partial charge in [-0.3, -0.25) is 14.4 Å². The Kier molecular flexibility index (Phi) is 42.9. The number of ether oxygens (including phenoxy) is 3. The summed E-state index contributed by atoms with van der Waals surface area (Å²) in [7, 11) is 0. The van der Waals surface area contributed by atoms with Gasteiger partial charge in [0.1, 0.15) is 13.2 Å². The molecule has 1 atom stereocenters. The minimum atomic E-state index is -0.770. The van der Waals surface area contributed by atoms with E-state index in [2.05, 4.69) is 45.1 Å². The van der Waals surface area contributed by atoms with Gasteiger partial charge in [0.05, 0.1) is 0 Å². The van der Waals surface area contributed by atoms with E-state index in [4.69, 9.17) is 14.2 Å². The molecule has 0 aliphatic heterocycles. The van der Waals surface area contributed by atoms with E-state index >= 15 is 0 Å². The van der Waals surface area contributed by atoms with E-state index < -0.39 is 6.10 Å². The van der Waals surface area contributed by atoms with Gasteiger partial charge >= 0.3 is 17.9 Å². The average Bonchev–Trinajstić information content (AvgIpc) is 3.18. The van der Waals surface area contributed by atoms with Crippen LogP contribution >= 0.6 is 0 Å². The van der Waals surface area contributed by atoms with Gasteiger partial charge in [-0.15, -0.1) is 0 Å². The lowest BCUT2D eigenvalue weighted by Gasteiger charge is -2.18. The monoisotopic (exact) mass is 775 g/mol. The summed E-state index contributed by atoms with van der Waals surface area (Å²) in [5.41, 5.74) is 0. The molecule has 0 aromatic heterocycles. The molecule has 0 radical (unpaired) electrons. The summed E-state index contributed by atoms with van der Waals surface area (Å²) >= 11 is 0. The lowest BCUT2D eigenvalue weighted by Crippen LogP contribution is -2.30. The molecule has 0 heterocycles. The fourth-order valence-electron chi connectivity index (χ4n) is 6.82. The zero-order chi connectivity index (χ0) is 40.1. The molecule has 0 aliphatic carbocycles. The molecule has 322 valence electrons. The van der Waals surface area contributed by atoms with E-state index in [1.165, 1.54) is 128 Å². The van der Waals surface area contributed by atoms with E-state index in [-0.39, 0.29) is 31.1 Å². The fourth-order valence-corrected chi connectivity index (χ4v) is 6.82. The zero-order valence-corrected chi connectivity index (χ0v) is 36.7. The lowest BCUT2D eigenvalue weighted by molar-refractivity contribution is -0.167. The summed E-state index contributed by atoms with van der Waals surface area (Å²) in [5.74, 6) is -0.889. The van der Waals surface area contributed by atoms with Crippen molar-refractivity contribution < 1.29 is 28.6 Å². The van der Waals surface area contributed by atoms with Crippen LogP contribution in [0.5, 0.6) is 0 Å². The molecule has 0 N–H and O–H groups in total. The maximum Gasteiger partial charge on any atom is 0.306 e. The van der Waals surface area contributed by atoms with Crippen molar-refractivity contribution in [2.24, 2.45) is 0 Å². The molecule has 0 aliphatic rings. The maximum atomic E-state index is 12.7. The number of carbonyl (C=O) groups excluding carboxylic acids is 3. The predicted octanol–water partition coefficient (Wildman–Crippen LogP) is 15.2. The highest BCUT2D eigenvalue weighted by Gasteiger charge is 2.19. The van der Waals surface area contributed by atoms with Crippen LogP contribution in [-0.2, 0) is 28.6 Å². The smallest absolute Gasteiger partial charge is 0.306 e. The number of carbonyl (C=O) groups is 3. The van der Waals surface area contributed by atoms with Gasteiger partial charge in [0.2, 0.25) is 0 Å². The Morgan fingerprint density at radius 1 is 0.364 bits per heavy atom. The minimum absolute atomic E-state index is 0.0735. The first kappa shape index (κ1) is 52.9. The Hall–Kier alpha value is -2.11. The SMILES string of the molecule is CCCCC/C=C\C/C=C\CCCCCCCC(=O)OC(COC(=O)CCCCCCCC)COC(=O)CCCCCCCCCCCCCCCCCC. The summed E-state index contributed by atoms with van der Waals surface area (Å²) in [6.07, 6.45) is 48.9. The zero-order valence-electron chi connectivity index (χ0n) is 36.7. The summed E-state index contributed by atoms with van der Waals surface area (Å²) in [4.78, 5) is 37.6. The molecule has 0 fully saturated rings. The van der Waals surface area contributed by atoms with Crippen LogP contribution in [0.25, 0.3) is 0 Å². The van der Waals surface area contributed by atoms with Crippen molar-refractivity contribution in [3.63, 3.8) is 0 Å². The van der Waals surface area contributed by atoms with E-state index in [1.807, 2.05) is 0 Å². The molecule has 0 rings (SSSR count). The molecule has 0 aromatic rings.